The van der Waals surface area contributed by atoms with Crippen LogP contribution in [0.5, 0.6) is 0 Å². The van der Waals surface area contributed by atoms with Gasteiger partial charge < -0.3 is 32.0 Å². The highest BCUT2D eigenvalue weighted by Crippen LogP contribution is 2.31. The lowest BCUT2D eigenvalue weighted by atomic mass is 9.90. The van der Waals surface area contributed by atoms with E-state index in [1.54, 1.807) is 12.1 Å². The lowest BCUT2D eigenvalue weighted by Gasteiger charge is -2.35. The van der Waals surface area contributed by atoms with Gasteiger partial charge in [0.1, 0.15) is 23.2 Å². The van der Waals surface area contributed by atoms with E-state index in [0.29, 0.717) is 45.6 Å². The Kier molecular flexibility index (Phi) is 7.76. The van der Waals surface area contributed by atoms with E-state index in [1.165, 1.54) is 25.2 Å². The van der Waals surface area contributed by atoms with E-state index in [0.717, 1.165) is 37.8 Å². The Bertz CT molecular complexity index is 1500. The third-order valence-corrected chi connectivity index (χ3v) is 7.49. The number of anilines is 4. The molecule has 2 aromatic heterocycles. The van der Waals surface area contributed by atoms with Crippen LogP contribution >= 0.6 is 0 Å². The first kappa shape index (κ1) is 28.2. The van der Waals surface area contributed by atoms with Crippen LogP contribution in [0.4, 0.5) is 23.3 Å². The summed E-state index contributed by atoms with van der Waals surface area (Å²) in [6.07, 6.45) is 5.55. The van der Waals surface area contributed by atoms with Crippen LogP contribution in [0.3, 0.4) is 0 Å². The van der Waals surface area contributed by atoms with Crippen LogP contribution in [0.15, 0.2) is 36.4 Å². The standard InChI is InChI=1S/C29H39N11O/c1-17-6-7-18(27(41)36-22(31)15-21(30)29(2,3)4)14-20(17)35-26-24-23(33-16-34-26)25(32-5)38-28(37-24)40-12-10-39(11-13-40)19-8-9-19/h6-7,14-16,19,30H,8-13,31H2,1-5H3,(H,36,41)(H,32,37,38)(H,33,34,35)/b22-15+,30-21?. The van der Waals surface area contributed by atoms with Crippen molar-refractivity contribution in [2.75, 3.05) is 48.8 Å². The van der Waals surface area contributed by atoms with Crippen LogP contribution in [0.2, 0.25) is 0 Å². The molecule has 3 aromatic rings. The molecule has 0 bridgehead atoms. The van der Waals surface area contributed by atoms with Crippen molar-refractivity contribution < 1.29 is 4.79 Å². The van der Waals surface area contributed by atoms with Gasteiger partial charge in [0.15, 0.2) is 11.6 Å². The molecule has 1 saturated carbocycles. The van der Waals surface area contributed by atoms with Crippen LogP contribution in [-0.2, 0) is 0 Å². The van der Waals surface area contributed by atoms with Gasteiger partial charge >= 0.3 is 0 Å². The Balaban J connectivity index is 1.40. The molecule has 6 N–H and O–H groups in total. The number of nitrogens with zero attached hydrogens (tertiary/aromatic N) is 6. The minimum absolute atomic E-state index is 0.119. The number of carbonyl (C=O) groups is 1. The highest BCUT2D eigenvalue weighted by molar-refractivity contribution is 6.00. The molecule has 12 nitrogen and oxygen atoms in total. The van der Waals surface area contributed by atoms with Crippen molar-refractivity contribution in [3.63, 3.8) is 0 Å². The summed E-state index contributed by atoms with van der Waals surface area (Å²) in [6, 6.07) is 6.09. The summed E-state index contributed by atoms with van der Waals surface area (Å²) in [5.74, 6) is 1.54. The van der Waals surface area contributed by atoms with E-state index in [2.05, 4.69) is 35.7 Å². The second kappa shape index (κ2) is 11.3. The summed E-state index contributed by atoms with van der Waals surface area (Å²) < 4.78 is 0. The van der Waals surface area contributed by atoms with Crippen molar-refractivity contribution in [3.05, 3.63) is 47.6 Å². The first-order chi connectivity index (χ1) is 19.5. The third-order valence-electron chi connectivity index (χ3n) is 7.49. The number of carbonyl (C=O) groups excluding carboxylic acids is 1. The van der Waals surface area contributed by atoms with E-state index in [-0.39, 0.29) is 17.1 Å². The van der Waals surface area contributed by atoms with Gasteiger partial charge in [-0.1, -0.05) is 26.8 Å². The predicted molar refractivity (Wildman–Crippen MR) is 163 cm³/mol. The van der Waals surface area contributed by atoms with Crippen molar-refractivity contribution in [3.8, 4) is 0 Å². The smallest absolute Gasteiger partial charge is 0.256 e. The molecular formula is C29H39N11O. The molecule has 1 aliphatic heterocycles. The zero-order valence-corrected chi connectivity index (χ0v) is 24.4. The molecule has 1 saturated heterocycles. The van der Waals surface area contributed by atoms with Crippen molar-refractivity contribution in [2.45, 2.75) is 46.6 Å². The van der Waals surface area contributed by atoms with Gasteiger partial charge in [-0.15, -0.1) is 0 Å². The first-order valence-corrected chi connectivity index (χ1v) is 14.0. The lowest BCUT2D eigenvalue weighted by Crippen LogP contribution is -2.47. The summed E-state index contributed by atoms with van der Waals surface area (Å²) in [7, 11) is 1.82. The zero-order valence-electron chi connectivity index (χ0n) is 24.4. The summed E-state index contributed by atoms with van der Waals surface area (Å²) in [4.78, 5) is 36.4. The number of amides is 1. The number of nitrogens with two attached hydrogens (primary N) is 1. The summed E-state index contributed by atoms with van der Waals surface area (Å²) in [6.45, 7) is 11.4. The molecule has 0 radical (unpaired) electrons. The molecule has 2 fully saturated rings. The summed E-state index contributed by atoms with van der Waals surface area (Å²) >= 11 is 0. The van der Waals surface area contributed by atoms with Crippen molar-refractivity contribution in [1.29, 1.82) is 5.41 Å². The van der Waals surface area contributed by atoms with Gasteiger partial charge in [-0.3, -0.25) is 9.69 Å². The maximum absolute atomic E-state index is 13.0. The van der Waals surface area contributed by atoms with E-state index >= 15 is 0 Å². The molecule has 216 valence electrons. The number of aryl methyl sites for hydroxylation is 1. The fraction of sp³-hybridized carbons (Fsp3) is 0.448. The number of allylic oxidation sites excluding steroid dienone is 1. The minimum Gasteiger partial charge on any atom is -0.385 e. The average molecular weight is 558 g/mol. The normalized spacial score (nSPS) is 16.5. The van der Waals surface area contributed by atoms with E-state index in [1.807, 2.05) is 40.8 Å². The molecular weight excluding hydrogens is 518 g/mol. The molecule has 2 aliphatic rings. The molecule has 1 aromatic carbocycles. The summed E-state index contributed by atoms with van der Waals surface area (Å²) in [5.41, 5.74) is 9.20. The number of nitrogens with one attached hydrogen (secondary N) is 4. The molecule has 0 atom stereocenters. The molecule has 12 heteroatoms. The lowest BCUT2D eigenvalue weighted by molar-refractivity contribution is 0.0965. The highest BCUT2D eigenvalue weighted by atomic mass is 16.1. The van der Waals surface area contributed by atoms with Gasteiger partial charge in [-0.05, 0) is 43.5 Å². The van der Waals surface area contributed by atoms with E-state index in [9.17, 15) is 4.79 Å². The van der Waals surface area contributed by atoms with E-state index < -0.39 is 0 Å². The molecule has 3 heterocycles. The van der Waals surface area contributed by atoms with Gasteiger partial charge in [-0.25, -0.2) is 15.0 Å². The average Bonchev–Trinajstić information content (AvgIpc) is 3.79. The minimum atomic E-state index is -0.377. The van der Waals surface area contributed by atoms with Crippen LogP contribution in [0.25, 0.3) is 11.0 Å². The number of hydrogen-bond acceptors (Lipinski definition) is 11. The van der Waals surface area contributed by atoms with Crippen molar-refractivity contribution in [2.24, 2.45) is 11.1 Å². The number of aromatic nitrogens is 4. The predicted octanol–water partition coefficient (Wildman–Crippen LogP) is 3.39. The number of piperazine rings is 1. The number of hydrogen-bond donors (Lipinski definition) is 5. The molecule has 1 aliphatic carbocycles. The second-order valence-electron chi connectivity index (χ2n) is 11.7. The van der Waals surface area contributed by atoms with Crippen LogP contribution in [0.1, 0.15) is 49.5 Å². The SMILES string of the molecule is CNc1nc(N2CCN(C3CC3)CC2)nc2c(Nc3cc(C(=O)N/C(N)=C/C(=N)C(C)(C)C)ccc3C)ncnc12. The first-order valence-electron chi connectivity index (χ1n) is 14.0. The van der Waals surface area contributed by atoms with Crippen molar-refractivity contribution >= 4 is 45.9 Å². The van der Waals surface area contributed by atoms with Crippen molar-refractivity contribution in [1.82, 2.24) is 30.2 Å². The Morgan fingerprint density at radius 1 is 1.07 bits per heavy atom. The van der Waals surface area contributed by atoms with Gasteiger partial charge in [-0.2, -0.15) is 4.98 Å². The van der Waals surface area contributed by atoms with Crippen LogP contribution in [0, 0.1) is 17.7 Å². The second-order valence-corrected chi connectivity index (χ2v) is 11.7. The van der Waals surface area contributed by atoms with Crippen LogP contribution < -0.4 is 26.6 Å². The van der Waals surface area contributed by atoms with Crippen LogP contribution in [-0.4, -0.2) is 75.7 Å². The maximum atomic E-state index is 13.0. The number of benzene rings is 1. The number of rotatable bonds is 8. The maximum Gasteiger partial charge on any atom is 0.256 e. The van der Waals surface area contributed by atoms with E-state index in [4.69, 9.17) is 21.1 Å². The highest BCUT2D eigenvalue weighted by Gasteiger charge is 2.32. The fourth-order valence-corrected chi connectivity index (χ4v) is 4.71. The Morgan fingerprint density at radius 2 is 1.80 bits per heavy atom. The molecule has 0 spiro atoms. The Morgan fingerprint density at radius 3 is 2.46 bits per heavy atom. The third kappa shape index (κ3) is 6.37. The largest absolute Gasteiger partial charge is 0.385 e. The Hall–Kier alpha value is -4.32. The zero-order chi connectivity index (χ0) is 29.3. The molecule has 1 amide bonds. The van der Waals surface area contributed by atoms with Gasteiger partial charge in [0.25, 0.3) is 5.91 Å². The molecule has 5 rings (SSSR count). The molecule has 41 heavy (non-hydrogen) atoms. The quantitative estimate of drug-likeness (QED) is 0.260. The van der Waals surface area contributed by atoms with Gasteiger partial charge in [0.05, 0.1) is 0 Å². The fourth-order valence-electron chi connectivity index (χ4n) is 4.71. The van der Waals surface area contributed by atoms with Gasteiger partial charge in [0, 0.05) is 61.6 Å². The molecule has 0 unspecified atom stereocenters. The summed E-state index contributed by atoms with van der Waals surface area (Å²) in [5, 5.41) is 17.4. The van der Waals surface area contributed by atoms with Gasteiger partial charge in [0.2, 0.25) is 5.95 Å². The number of fused-ring (bicyclic) bond motifs is 1. The monoisotopic (exact) mass is 557 g/mol. The Labute approximate surface area is 240 Å². The topological polar surface area (TPSA) is 161 Å².